The highest BCUT2D eigenvalue weighted by Crippen LogP contribution is 2.36. The summed E-state index contributed by atoms with van der Waals surface area (Å²) in [6, 6.07) is 8.75. The third-order valence-corrected chi connectivity index (χ3v) is 6.29. The van der Waals surface area contributed by atoms with E-state index in [-0.39, 0.29) is 12.2 Å². The molecular weight excluding hydrogens is 370 g/mol. The van der Waals surface area contributed by atoms with Gasteiger partial charge < -0.3 is 14.2 Å². The quantitative estimate of drug-likeness (QED) is 0.642. The lowest BCUT2D eigenvalue weighted by Gasteiger charge is -2.32. The van der Waals surface area contributed by atoms with Crippen LogP contribution < -0.4 is 0 Å². The maximum Gasteiger partial charge on any atom is 0.143 e. The van der Waals surface area contributed by atoms with Crippen molar-refractivity contribution in [2.75, 3.05) is 20.1 Å². The Morgan fingerprint density at radius 3 is 2.47 bits per heavy atom. The molecule has 2 aromatic rings. The molecule has 4 heteroatoms. The molecule has 0 radical (unpaired) electrons. The summed E-state index contributed by atoms with van der Waals surface area (Å²) in [6.07, 6.45) is 4.98. The predicted molar refractivity (Wildman–Crippen MR) is 123 cm³/mol. The van der Waals surface area contributed by atoms with E-state index in [2.05, 4.69) is 67.8 Å². The Labute approximate surface area is 181 Å². The van der Waals surface area contributed by atoms with Crippen LogP contribution in [0.1, 0.15) is 61.1 Å². The van der Waals surface area contributed by atoms with Crippen molar-refractivity contribution in [2.24, 2.45) is 0 Å². The van der Waals surface area contributed by atoms with Gasteiger partial charge in [-0.25, -0.2) is 4.98 Å². The molecule has 1 fully saturated rings. The van der Waals surface area contributed by atoms with E-state index in [1.165, 1.54) is 16.8 Å². The predicted octanol–water partition coefficient (Wildman–Crippen LogP) is 4.88. The van der Waals surface area contributed by atoms with Crippen LogP contribution in [0.25, 0.3) is 0 Å². The molecule has 2 aliphatic heterocycles. The molecule has 30 heavy (non-hydrogen) atoms. The smallest absolute Gasteiger partial charge is 0.143 e. The van der Waals surface area contributed by atoms with E-state index in [9.17, 15) is 0 Å². The number of allylic oxidation sites excluding steroid dienone is 2. The number of piperidine rings is 1. The average Bonchev–Trinajstić information content (AvgIpc) is 2.93. The monoisotopic (exact) mass is 405 g/mol. The van der Waals surface area contributed by atoms with Crippen molar-refractivity contribution < 1.29 is 4.74 Å². The van der Waals surface area contributed by atoms with Gasteiger partial charge in [-0.2, -0.15) is 0 Å². The molecule has 1 aromatic carbocycles. The zero-order chi connectivity index (χ0) is 21.3. The van der Waals surface area contributed by atoms with Crippen LogP contribution >= 0.6 is 0 Å². The first-order chi connectivity index (χ1) is 14.4. The number of fused-ring (bicyclic) bond motifs is 2. The first-order valence-corrected chi connectivity index (χ1v) is 11.2. The summed E-state index contributed by atoms with van der Waals surface area (Å²) >= 11 is 0. The van der Waals surface area contributed by atoms with Crippen molar-refractivity contribution in [3.05, 3.63) is 76.9 Å². The molecule has 0 spiro atoms. The van der Waals surface area contributed by atoms with Crippen LogP contribution in [0.15, 0.2) is 48.6 Å². The second-order valence-corrected chi connectivity index (χ2v) is 9.25. The Balaban J connectivity index is 1.77. The molecule has 4 nitrogen and oxygen atoms in total. The van der Waals surface area contributed by atoms with E-state index in [0.717, 1.165) is 74.4 Å². The molecule has 1 saturated heterocycles. The van der Waals surface area contributed by atoms with Gasteiger partial charge in [-0.1, -0.05) is 48.6 Å². The Kier molecular flexibility index (Phi) is 6.26. The van der Waals surface area contributed by atoms with Gasteiger partial charge in [0.05, 0.1) is 11.8 Å². The fourth-order valence-electron chi connectivity index (χ4n) is 4.75. The van der Waals surface area contributed by atoms with Gasteiger partial charge in [-0.05, 0) is 51.3 Å². The zero-order valence-electron chi connectivity index (χ0n) is 18.8. The molecule has 0 saturated carbocycles. The van der Waals surface area contributed by atoms with Gasteiger partial charge in [0, 0.05) is 38.2 Å². The Bertz CT molecular complexity index is 934. The first kappa shape index (κ1) is 21.1. The lowest BCUT2D eigenvalue weighted by molar-refractivity contribution is -0.0276. The third kappa shape index (κ3) is 4.45. The molecule has 160 valence electrons. The normalized spacial score (nSPS) is 19.8. The SMILES string of the molecule is C=C(C)Cc1nc2n(c1CC(=C)C)CCc1ccccc1C2OC1CCN(C)CC1. The largest absolute Gasteiger partial charge is 0.362 e. The lowest BCUT2D eigenvalue weighted by atomic mass is 9.99. The topological polar surface area (TPSA) is 30.3 Å². The van der Waals surface area contributed by atoms with Crippen LogP contribution in [0, 0.1) is 0 Å². The maximum absolute atomic E-state index is 6.84. The highest BCUT2D eigenvalue weighted by atomic mass is 16.5. The van der Waals surface area contributed by atoms with Gasteiger partial charge in [-0.15, -0.1) is 0 Å². The van der Waals surface area contributed by atoms with Gasteiger partial charge in [0.1, 0.15) is 11.9 Å². The van der Waals surface area contributed by atoms with E-state index in [1.807, 2.05) is 0 Å². The molecule has 0 bridgehead atoms. The highest BCUT2D eigenvalue weighted by Gasteiger charge is 2.32. The summed E-state index contributed by atoms with van der Waals surface area (Å²) in [5.74, 6) is 1.06. The first-order valence-electron chi connectivity index (χ1n) is 11.2. The summed E-state index contributed by atoms with van der Waals surface area (Å²) in [4.78, 5) is 7.58. The van der Waals surface area contributed by atoms with Crippen LogP contribution in [0.4, 0.5) is 0 Å². The summed E-state index contributed by atoms with van der Waals surface area (Å²) in [5.41, 5.74) is 7.38. The molecule has 1 atom stereocenters. The minimum absolute atomic E-state index is 0.111. The molecule has 2 aliphatic rings. The van der Waals surface area contributed by atoms with Gasteiger partial charge in [-0.3, -0.25) is 0 Å². The fraction of sp³-hybridized carbons (Fsp3) is 0.500. The van der Waals surface area contributed by atoms with Crippen LogP contribution in [-0.2, 0) is 30.5 Å². The number of rotatable bonds is 6. The molecular formula is C26H35N3O. The standard InChI is InChI=1S/C26H35N3O/c1-18(2)16-23-24(17-19(3)4)29-15-10-20-8-6-7-9-22(20)25(26(29)27-23)30-21-11-13-28(5)14-12-21/h6-9,21,25H,1,3,10-17H2,2,4-5H3. The number of hydrogen-bond donors (Lipinski definition) is 0. The van der Waals surface area contributed by atoms with Crippen molar-refractivity contribution in [3.8, 4) is 0 Å². The number of ether oxygens (including phenoxy) is 1. The second kappa shape index (κ2) is 8.91. The van der Waals surface area contributed by atoms with Gasteiger partial charge >= 0.3 is 0 Å². The minimum atomic E-state index is -0.111. The number of nitrogens with zero attached hydrogens (tertiary/aromatic N) is 3. The highest BCUT2D eigenvalue weighted by molar-refractivity contribution is 5.37. The minimum Gasteiger partial charge on any atom is -0.362 e. The summed E-state index contributed by atoms with van der Waals surface area (Å²) < 4.78 is 9.26. The van der Waals surface area contributed by atoms with Gasteiger partial charge in [0.2, 0.25) is 0 Å². The Morgan fingerprint density at radius 1 is 1.07 bits per heavy atom. The average molecular weight is 406 g/mol. The van der Waals surface area contributed by atoms with Crippen molar-refractivity contribution >= 4 is 0 Å². The molecule has 0 aliphatic carbocycles. The number of hydrogen-bond acceptors (Lipinski definition) is 3. The van der Waals surface area contributed by atoms with Crippen molar-refractivity contribution in [1.29, 1.82) is 0 Å². The zero-order valence-corrected chi connectivity index (χ0v) is 18.8. The molecule has 0 N–H and O–H groups in total. The number of likely N-dealkylation sites (tertiary alicyclic amines) is 1. The molecule has 0 amide bonds. The maximum atomic E-state index is 6.84. The second-order valence-electron chi connectivity index (χ2n) is 9.25. The molecule has 1 aromatic heterocycles. The van der Waals surface area contributed by atoms with Crippen LogP contribution in [-0.4, -0.2) is 40.7 Å². The summed E-state index contributed by atoms with van der Waals surface area (Å²) in [6.45, 7) is 15.6. The number of aryl methyl sites for hydroxylation is 1. The Hall–Kier alpha value is -2.17. The van der Waals surface area contributed by atoms with E-state index in [1.54, 1.807) is 0 Å². The number of benzene rings is 1. The van der Waals surface area contributed by atoms with Crippen LogP contribution in [0.3, 0.4) is 0 Å². The fourth-order valence-corrected chi connectivity index (χ4v) is 4.75. The lowest BCUT2D eigenvalue weighted by Crippen LogP contribution is -2.35. The van der Waals surface area contributed by atoms with E-state index in [4.69, 9.17) is 9.72 Å². The Morgan fingerprint density at radius 2 is 1.77 bits per heavy atom. The van der Waals surface area contributed by atoms with E-state index >= 15 is 0 Å². The van der Waals surface area contributed by atoms with Crippen molar-refractivity contribution in [3.63, 3.8) is 0 Å². The number of aromatic nitrogens is 2. The summed E-state index contributed by atoms with van der Waals surface area (Å²) in [5, 5.41) is 0. The molecule has 3 heterocycles. The molecule has 4 rings (SSSR count). The van der Waals surface area contributed by atoms with Gasteiger partial charge in [0.25, 0.3) is 0 Å². The van der Waals surface area contributed by atoms with Gasteiger partial charge in [0.15, 0.2) is 0 Å². The van der Waals surface area contributed by atoms with Crippen molar-refractivity contribution in [1.82, 2.24) is 14.5 Å². The number of imidazole rings is 1. The third-order valence-electron chi connectivity index (χ3n) is 6.29. The van der Waals surface area contributed by atoms with Crippen molar-refractivity contribution in [2.45, 2.75) is 64.7 Å². The molecule has 1 unspecified atom stereocenters. The summed E-state index contributed by atoms with van der Waals surface area (Å²) in [7, 11) is 2.19. The van der Waals surface area contributed by atoms with E-state index in [0.29, 0.717) is 0 Å². The van der Waals surface area contributed by atoms with E-state index < -0.39 is 0 Å². The van der Waals surface area contributed by atoms with Crippen LogP contribution in [0.5, 0.6) is 0 Å². The van der Waals surface area contributed by atoms with Crippen LogP contribution in [0.2, 0.25) is 0 Å².